The van der Waals surface area contributed by atoms with E-state index in [1.165, 1.54) is 24.3 Å². The number of rotatable bonds is 10. The van der Waals surface area contributed by atoms with Gasteiger partial charge in [-0.2, -0.15) is 4.98 Å². The Labute approximate surface area is 233 Å². The SMILES string of the molecule is [2H]C(Oc1ccc(Nc2ncc(C)c(Nc3cccc(S(=O)(=O)NC(C)(C)C)c3)n2)cc1)C([2H])N1C([2H])([2H])C([2H])([2H])C([2H])([2H])C1([2H])[2H]. The number of hydrogen-bond donors (Lipinski definition) is 3. The maximum Gasteiger partial charge on any atom is 0.241 e. The summed E-state index contributed by atoms with van der Waals surface area (Å²) in [6.07, 6.45) is -5.08. The van der Waals surface area contributed by atoms with Gasteiger partial charge in [0.2, 0.25) is 16.0 Å². The van der Waals surface area contributed by atoms with Crippen LogP contribution in [0, 0.1) is 6.92 Å². The Bertz CT molecular complexity index is 1700. The number of aryl methyl sites for hydroxylation is 1. The zero-order chi connectivity index (χ0) is 35.4. The summed E-state index contributed by atoms with van der Waals surface area (Å²) < 4.78 is 114. The molecule has 2 heterocycles. The van der Waals surface area contributed by atoms with Crippen molar-refractivity contribution in [1.82, 2.24) is 19.6 Å². The van der Waals surface area contributed by atoms with Crippen LogP contribution in [0.1, 0.15) is 52.8 Å². The molecule has 1 fully saturated rings. The Kier molecular flexibility index (Phi) is 5.14. The normalized spacial score (nSPS) is 25.6. The van der Waals surface area contributed by atoms with Gasteiger partial charge in [0.15, 0.2) is 0 Å². The van der Waals surface area contributed by atoms with Crippen LogP contribution in [-0.2, 0) is 10.0 Å². The Morgan fingerprint density at radius 2 is 1.81 bits per heavy atom. The van der Waals surface area contributed by atoms with E-state index in [0.29, 0.717) is 22.8 Å². The van der Waals surface area contributed by atoms with Crippen molar-refractivity contribution in [2.75, 3.05) is 36.7 Å². The number of hydrogen-bond acceptors (Lipinski definition) is 8. The molecule has 37 heavy (non-hydrogen) atoms. The van der Waals surface area contributed by atoms with Gasteiger partial charge in [-0.3, -0.25) is 4.90 Å². The van der Waals surface area contributed by atoms with Gasteiger partial charge in [0.25, 0.3) is 0 Å². The van der Waals surface area contributed by atoms with Crippen LogP contribution in [0.4, 0.5) is 23.1 Å². The van der Waals surface area contributed by atoms with Crippen LogP contribution in [0.15, 0.2) is 59.6 Å². The largest absolute Gasteiger partial charge is 0.492 e. The van der Waals surface area contributed by atoms with Crippen molar-refractivity contribution in [3.05, 3.63) is 60.3 Å². The molecule has 9 nitrogen and oxygen atoms in total. The first kappa shape index (κ1) is 16.6. The highest BCUT2D eigenvalue weighted by Gasteiger charge is 2.22. The fourth-order valence-electron chi connectivity index (χ4n) is 3.16. The molecule has 1 aliphatic rings. The zero-order valence-electron chi connectivity index (χ0n) is 30.8. The molecule has 0 bridgehead atoms. The van der Waals surface area contributed by atoms with Crippen molar-refractivity contribution in [3.63, 3.8) is 0 Å². The van der Waals surface area contributed by atoms with Crippen molar-refractivity contribution in [2.45, 2.75) is 50.9 Å². The summed E-state index contributed by atoms with van der Waals surface area (Å²) in [6.45, 7) is -3.56. The van der Waals surface area contributed by atoms with Gasteiger partial charge in [-0.05, 0) is 95.9 Å². The summed E-state index contributed by atoms with van der Waals surface area (Å²) in [6, 6.07) is 12.2. The second-order valence-corrected chi connectivity index (χ2v) is 10.8. The Morgan fingerprint density at radius 3 is 2.51 bits per heavy atom. The molecule has 1 saturated heterocycles. The van der Waals surface area contributed by atoms with E-state index in [1.807, 2.05) is 0 Å². The highest BCUT2D eigenvalue weighted by molar-refractivity contribution is 7.89. The minimum absolute atomic E-state index is 0.0575. The van der Waals surface area contributed by atoms with Crippen molar-refractivity contribution >= 4 is 33.2 Å². The lowest BCUT2D eigenvalue weighted by Crippen LogP contribution is -2.40. The molecule has 1 aromatic heterocycles. The molecule has 0 spiro atoms. The zero-order valence-corrected chi connectivity index (χ0v) is 21.6. The van der Waals surface area contributed by atoms with E-state index >= 15 is 0 Å². The number of likely N-dealkylation sites (tertiary alicyclic amines) is 1. The number of benzene rings is 2. The summed E-state index contributed by atoms with van der Waals surface area (Å²) in [5.74, 6) is 0.661. The van der Waals surface area contributed by atoms with Gasteiger partial charge in [-0.1, -0.05) is 6.07 Å². The molecule has 0 amide bonds. The smallest absolute Gasteiger partial charge is 0.241 e. The lowest BCUT2D eigenvalue weighted by Gasteiger charge is -2.20. The monoisotopic (exact) mass is 534 g/mol. The van der Waals surface area contributed by atoms with Crippen molar-refractivity contribution in [2.24, 2.45) is 0 Å². The van der Waals surface area contributed by atoms with Crippen LogP contribution in [-0.4, -0.2) is 54.9 Å². The lowest BCUT2D eigenvalue weighted by molar-refractivity contribution is 0.238. The van der Waals surface area contributed by atoms with E-state index in [4.69, 9.17) is 18.4 Å². The van der Waals surface area contributed by atoms with E-state index in [2.05, 4.69) is 25.3 Å². The molecule has 3 N–H and O–H groups in total. The lowest BCUT2D eigenvalue weighted by atomic mass is 10.1. The number of aromatic nitrogens is 2. The molecule has 2 aromatic carbocycles. The maximum atomic E-state index is 12.8. The molecule has 4 rings (SSSR count). The third-order valence-corrected chi connectivity index (χ3v) is 6.51. The van der Waals surface area contributed by atoms with E-state index in [-0.39, 0.29) is 21.5 Å². The van der Waals surface area contributed by atoms with Crippen LogP contribution in [0.3, 0.4) is 0 Å². The average Bonchev–Trinajstić information content (AvgIpc) is 3.01. The molecule has 0 aliphatic carbocycles. The highest BCUT2D eigenvalue weighted by Crippen LogP contribution is 2.24. The minimum atomic E-state index is -3.77. The van der Waals surface area contributed by atoms with Crippen molar-refractivity contribution in [1.29, 1.82) is 0 Å². The standard InChI is InChI=1S/C27H36N6O3S/c1-20-19-28-26(30-21-10-12-23(13-11-21)36-17-16-33-14-5-6-15-33)31-25(20)29-22-8-7-9-24(18-22)37(34,35)32-27(2,3)4/h7-13,18-19,32H,5-6,14-17H2,1-4H3,(H2,28,29,30,31)/i5D2,6D2,14D2,15D2,16D,17D. The first-order valence-corrected chi connectivity index (χ1v) is 12.8. The molecule has 10 heteroatoms. The third-order valence-electron chi connectivity index (χ3n) is 4.76. The number of nitrogens with one attached hydrogen (secondary N) is 3. The summed E-state index contributed by atoms with van der Waals surface area (Å²) in [4.78, 5) is 8.89. The molecule has 1 aliphatic heterocycles. The maximum absolute atomic E-state index is 12.8. The predicted molar refractivity (Wildman–Crippen MR) is 147 cm³/mol. The molecule has 0 saturated carbocycles. The summed E-state index contributed by atoms with van der Waals surface area (Å²) >= 11 is 0. The van der Waals surface area contributed by atoms with Gasteiger partial charge in [0.05, 0.1) is 6.27 Å². The van der Waals surface area contributed by atoms with Crippen LogP contribution < -0.4 is 20.1 Å². The number of ether oxygens (including phenoxy) is 1. The van der Waals surface area contributed by atoms with E-state index < -0.39 is 54.4 Å². The number of sulfonamides is 1. The van der Waals surface area contributed by atoms with Crippen LogP contribution in [0.2, 0.25) is 0 Å². The first-order chi connectivity index (χ1) is 21.4. The van der Waals surface area contributed by atoms with Gasteiger partial charge < -0.3 is 15.4 Å². The summed E-state index contributed by atoms with van der Waals surface area (Å²) in [7, 11) is -3.77. The van der Waals surface area contributed by atoms with Crippen molar-refractivity contribution in [3.8, 4) is 5.75 Å². The van der Waals surface area contributed by atoms with E-state index in [1.54, 1.807) is 58.2 Å². The van der Waals surface area contributed by atoms with Crippen molar-refractivity contribution < 1.29 is 26.9 Å². The van der Waals surface area contributed by atoms with Gasteiger partial charge in [0.1, 0.15) is 18.2 Å². The van der Waals surface area contributed by atoms with Crippen LogP contribution in [0.25, 0.3) is 0 Å². The fraction of sp³-hybridized carbons (Fsp3) is 0.407. The van der Waals surface area contributed by atoms with Gasteiger partial charge >= 0.3 is 0 Å². The summed E-state index contributed by atoms with van der Waals surface area (Å²) in [5, 5.41) is 6.12. The summed E-state index contributed by atoms with van der Waals surface area (Å²) in [5.41, 5.74) is 0.992. The first-order valence-electron chi connectivity index (χ1n) is 16.5. The second-order valence-electron chi connectivity index (χ2n) is 9.13. The molecular weight excluding hydrogens is 488 g/mol. The number of anilines is 4. The third kappa shape index (κ3) is 7.88. The minimum Gasteiger partial charge on any atom is -0.492 e. The Morgan fingerprint density at radius 1 is 1.08 bits per heavy atom. The van der Waals surface area contributed by atoms with Crippen LogP contribution in [0.5, 0.6) is 5.75 Å². The molecule has 2 atom stereocenters. The van der Waals surface area contributed by atoms with Crippen LogP contribution >= 0.6 is 0 Å². The predicted octanol–water partition coefficient (Wildman–Crippen LogP) is 4.82. The molecule has 198 valence electrons. The molecule has 2 unspecified atom stereocenters. The van der Waals surface area contributed by atoms with Gasteiger partial charge in [-0.15, -0.1) is 0 Å². The Hall–Kier alpha value is -3.21. The molecule has 0 radical (unpaired) electrons. The second kappa shape index (κ2) is 11.5. The average molecular weight is 535 g/mol. The molecular formula is C27H36N6O3S. The molecule has 3 aromatic rings. The highest BCUT2D eigenvalue weighted by atomic mass is 32.2. The van der Waals surface area contributed by atoms with Gasteiger partial charge in [0, 0.05) is 47.5 Å². The van der Waals surface area contributed by atoms with Gasteiger partial charge in [-0.25, -0.2) is 18.1 Å². The number of nitrogens with zero attached hydrogens (tertiary/aromatic N) is 3. The quantitative estimate of drug-likeness (QED) is 0.340. The van der Waals surface area contributed by atoms with E-state index in [0.717, 1.165) is 0 Å². The topological polar surface area (TPSA) is 108 Å². The fourth-order valence-corrected chi connectivity index (χ4v) is 4.63. The Balaban J connectivity index is 1.45. The van der Waals surface area contributed by atoms with E-state index in [9.17, 15) is 8.42 Å².